The van der Waals surface area contributed by atoms with Gasteiger partial charge in [-0.05, 0) is 31.2 Å². The van der Waals surface area contributed by atoms with Gasteiger partial charge in [0.2, 0.25) is 5.91 Å². The summed E-state index contributed by atoms with van der Waals surface area (Å²) >= 11 is 0. The fourth-order valence-electron chi connectivity index (χ4n) is 1.88. The first kappa shape index (κ1) is 15.7. The molecule has 19 heavy (non-hydrogen) atoms. The van der Waals surface area contributed by atoms with E-state index in [4.69, 9.17) is 5.73 Å². The highest BCUT2D eigenvalue weighted by Gasteiger charge is 2.14. The van der Waals surface area contributed by atoms with Gasteiger partial charge < -0.3 is 11.1 Å². The first-order chi connectivity index (χ1) is 8.99. The van der Waals surface area contributed by atoms with E-state index in [2.05, 4.69) is 17.4 Å². The van der Waals surface area contributed by atoms with Gasteiger partial charge >= 0.3 is 0 Å². The van der Waals surface area contributed by atoms with Crippen molar-refractivity contribution in [2.75, 3.05) is 0 Å². The zero-order valence-electron chi connectivity index (χ0n) is 12.2. The quantitative estimate of drug-likeness (QED) is 0.793. The molecular formula is C16H26N2O. The van der Waals surface area contributed by atoms with Gasteiger partial charge in [-0.25, -0.2) is 0 Å². The molecule has 1 aromatic carbocycles. The molecule has 1 aromatic rings. The standard InChI is InChI=1S/C16H26N2O/c1-12(2)15(17)11-16(19)18-13(3)9-10-14-7-5-4-6-8-14/h4-8,12-13,15H,9-11,17H2,1-3H3,(H,18,19). The molecule has 106 valence electrons. The molecule has 3 N–H and O–H groups in total. The van der Waals surface area contributed by atoms with Crippen molar-refractivity contribution < 1.29 is 4.79 Å². The van der Waals surface area contributed by atoms with E-state index < -0.39 is 0 Å². The van der Waals surface area contributed by atoms with E-state index in [1.54, 1.807) is 0 Å². The van der Waals surface area contributed by atoms with Crippen LogP contribution in [0, 0.1) is 5.92 Å². The third kappa shape index (κ3) is 6.39. The number of carbonyl (C=O) groups excluding carboxylic acids is 1. The van der Waals surface area contributed by atoms with Gasteiger partial charge in [0.1, 0.15) is 0 Å². The molecule has 2 unspecified atom stereocenters. The molecule has 0 bridgehead atoms. The van der Waals surface area contributed by atoms with Crippen LogP contribution in [0.25, 0.3) is 0 Å². The summed E-state index contributed by atoms with van der Waals surface area (Å²) in [4.78, 5) is 11.8. The maximum Gasteiger partial charge on any atom is 0.221 e. The lowest BCUT2D eigenvalue weighted by Gasteiger charge is -2.18. The van der Waals surface area contributed by atoms with Crippen LogP contribution < -0.4 is 11.1 Å². The lowest BCUT2D eigenvalue weighted by atomic mass is 10.0. The fourth-order valence-corrected chi connectivity index (χ4v) is 1.88. The minimum Gasteiger partial charge on any atom is -0.354 e. The van der Waals surface area contributed by atoms with Crippen LogP contribution in [-0.4, -0.2) is 18.0 Å². The highest BCUT2D eigenvalue weighted by atomic mass is 16.1. The van der Waals surface area contributed by atoms with Crippen molar-refractivity contribution in [3.63, 3.8) is 0 Å². The Labute approximate surface area is 116 Å². The van der Waals surface area contributed by atoms with E-state index in [1.165, 1.54) is 5.56 Å². The van der Waals surface area contributed by atoms with Crippen LogP contribution in [0.5, 0.6) is 0 Å². The SMILES string of the molecule is CC(CCc1ccccc1)NC(=O)CC(N)C(C)C. The number of amides is 1. The summed E-state index contributed by atoms with van der Waals surface area (Å²) < 4.78 is 0. The fraction of sp³-hybridized carbons (Fsp3) is 0.562. The zero-order valence-corrected chi connectivity index (χ0v) is 12.2. The summed E-state index contributed by atoms with van der Waals surface area (Å²) in [5.41, 5.74) is 7.21. The van der Waals surface area contributed by atoms with E-state index >= 15 is 0 Å². The summed E-state index contributed by atoms with van der Waals surface area (Å²) in [7, 11) is 0. The molecule has 0 aliphatic rings. The number of rotatable bonds is 7. The minimum absolute atomic E-state index is 0.0543. The van der Waals surface area contributed by atoms with Crippen molar-refractivity contribution in [3.8, 4) is 0 Å². The number of benzene rings is 1. The van der Waals surface area contributed by atoms with Crippen LogP contribution in [0.15, 0.2) is 30.3 Å². The third-order valence-corrected chi connectivity index (χ3v) is 3.39. The Morgan fingerprint density at radius 3 is 2.42 bits per heavy atom. The summed E-state index contributed by atoms with van der Waals surface area (Å²) in [6.07, 6.45) is 2.35. The zero-order chi connectivity index (χ0) is 14.3. The predicted octanol–water partition coefficient (Wildman–Crippen LogP) is 2.50. The third-order valence-electron chi connectivity index (χ3n) is 3.39. The number of hydrogen-bond acceptors (Lipinski definition) is 2. The van der Waals surface area contributed by atoms with Gasteiger partial charge in [0.15, 0.2) is 0 Å². The molecule has 1 amide bonds. The van der Waals surface area contributed by atoms with Crippen molar-refractivity contribution in [1.82, 2.24) is 5.32 Å². The van der Waals surface area contributed by atoms with Gasteiger partial charge in [0, 0.05) is 18.5 Å². The molecule has 0 radical (unpaired) electrons. The Morgan fingerprint density at radius 2 is 1.84 bits per heavy atom. The van der Waals surface area contributed by atoms with Gasteiger partial charge in [-0.1, -0.05) is 44.2 Å². The van der Waals surface area contributed by atoms with Crippen LogP contribution in [0.1, 0.15) is 39.2 Å². The molecule has 0 aliphatic heterocycles. The van der Waals surface area contributed by atoms with E-state index in [0.29, 0.717) is 12.3 Å². The van der Waals surface area contributed by atoms with E-state index in [1.807, 2.05) is 39.0 Å². The molecule has 0 aliphatic carbocycles. The Morgan fingerprint density at radius 1 is 1.21 bits per heavy atom. The number of carbonyl (C=O) groups is 1. The molecule has 3 nitrogen and oxygen atoms in total. The van der Waals surface area contributed by atoms with Crippen molar-refractivity contribution in [2.45, 2.75) is 52.1 Å². The second kappa shape index (κ2) is 7.95. The summed E-state index contributed by atoms with van der Waals surface area (Å²) in [5.74, 6) is 0.395. The van der Waals surface area contributed by atoms with Crippen LogP contribution in [0.4, 0.5) is 0 Å². The van der Waals surface area contributed by atoms with Crippen LogP contribution >= 0.6 is 0 Å². The lowest BCUT2D eigenvalue weighted by Crippen LogP contribution is -2.38. The number of hydrogen-bond donors (Lipinski definition) is 2. The molecule has 2 atom stereocenters. The van der Waals surface area contributed by atoms with Crippen molar-refractivity contribution in [2.24, 2.45) is 11.7 Å². The van der Waals surface area contributed by atoms with Crippen LogP contribution in [0.2, 0.25) is 0 Å². The smallest absolute Gasteiger partial charge is 0.221 e. The van der Waals surface area contributed by atoms with Crippen molar-refractivity contribution in [3.05, 3.63) is 35.9 Å². The molecule has 1 rings (SSSR count). The maximum absolute atomic E-state index is 11.8. The molecule has 0 fully saturated rings. The normalized spacial score (nSPS) is 14.2. The molecular weight excluding hydrogens is 236 g/mol. The Balaban J connectivity index is 2.27. The maximum atomic E-state index is 11.8. The molecule has 0 heterocycles. The second-order valence-electron chi connectivity index (χ2n) is 5.60. The van der Waals surface area contributed by atoms with Crippen molar-refractivity contribution in [1.29, 1.82) is 0 Å². The van der Waals surface area contributed by atoms with E-state index in [9.17, 15) is 4.79 Å². The van der Waals surface area contributed by atoms with Gasteiger partial charge in [0.25, 0.3) is 0 Å². The van der Waals surface area contributed by atoms with Crippen LogP contribution in [0.3, 0.4) is 0 Å². The first-order valence-electron chi connectivity index (χ1n) is 7.08. The van der Waals surface area contributed by atoms with Gasteiger partial charge in [-0.15, -0.1) is 0 Å². The molecule has 0 saturated carbocycles. The largest absolute Gasteiger partial charge is 0.354 e. The predicted molar refractivity (Wildman–Crippen MR) is 79.8 cm³/mol. The molecule has 3 heteroatoms. The molecule has 0 saturated heterocycles. The topological polar surface area (TPSA) is 55.1 Å². The first-order valence-corrected chi connectivity index (χ1v) is 7.08. The summed E-state index contributed by atoms with van der Waals surface area (Å²) in [5, 5.41) is 3.02. The molecule has 0 spiro atoms. The summed E-state index contributed by atoms with van der Waals surface area (Å²) in [6.45, 7) is 6.12. The second-order valence-corrected chi connectivity index (χ2v) is 5.60. The summed E-state index contributed by atoms with van der Waals surface area (Å²) in [6, 6.07) is 10.5. The Kier molecular flexibility index (Phi) is 6.57. The highest BCUT2D eigenvalue weighted by Crippen LogP contribution is 2.06. The average molecular weight is 262 g/mol. The number of aryl methyl sites for hydroxylation is 1. The van der Waals surface area contributed by atoms with Gasteiger partial charge in [0.05, 0.1) is 0 Å². The van der Waals surface area contributed by atoms with Crippen molar-refractivity contribution >= 4 is 5.91 Å². The van der Waals surface area contributed by atoms with E-state index in [-0.39, 0.29) is 18.0 Å². The molecule has 0 aromatic heterocycles. The number of nitrogens with one attached hydrogen (secondary N) is 1. The van der Waals surface area contributed by atoms with Gasteiger partial charge in [-0.2, -0.15) is 0 Å². The minimum atomic E-state index is -0.0543. The Bertz CT molecular complexity index is 376. The Hall–Kier alpha value is -1.35. The van der Waals surface area contributed by atoms with Gasteiger partial charge in [-0.3, -0.25) is 4.79 Å². The monoisotopic (exact) mass is 262 g/mol. The number of nitrogens with two attached hydrogens (primary N) is 1. The average Bonchev–Trinajstić information content (AvgIpc) is 2.37. The van der Waals surface area contributed by atoms with Crippen LogP contribution in [-0.2, 0) is 11.2 Å². The van der Waals surface area contributed by atoms with E-state index in [0.717, 1.165) is 12.8 Å². The lowest BCUT2D eigenvalue weighted by molar-refractivity contribution is -0.122. The highest BCUT2D eigenvalue weighted by molar-refractivity contribution is 5.76.